The molecule has 2 aromatic carbocycles. The van der Waals surface area contributed by atoms with Gasteiger partial charge in [0.1, 0.15) is 11.3 Å². The van der Waals surface area contributed by atoms with E-state index in [0.717, 1.165) is 6.07 Å². The molecule has 0 aliphatic heterocycles. The van der Waals surface area contributed by atoms with Gasteiger partial charge in [0.25, 0.3) is 0 Å². The molecule has 2 aromatic rings. The summed E-state index contributed by atoms with van der Waals surface area (Å²) in [6.07, 6.45) is 0. The molecule has 0 aliphatic rings. The van der Waals surface area contributed by atoms with Gasteiger partial charge < -0.3 is 14.9 Å². The second kappa shape index (κ2) is 5.62. The third kappa shape index (κ3) is 2.69. The van der Waals surface area contributed by atoms with Crippen LogP contribution in [0, 0.1) is 5.82 Å². The van der Waals surface area contributed by atoms with E-state index in [1.165, 1.54) is 37.4 Å². The number of halogens is 1. The lowest BCUT2D eigenvalue weighted by molar-refractivity contribution is 0.0696. The summed E-state index contributed by atoms with van der Waals surface area (Å²) in [4.78, 5) is 23.0. The Hall–Kier alpha value is -2.89. The van der Waals surface area contributed by atoms with Gasteiger partial charge in [0.05, 0.1) is 12.7 Å². The van der Waals surface area contributed by atoms with E-state index < -0.39 is 28.9 Å². The number of phenols is 1. The number of ether oxygens (including phenoxy) is 1. The molecule has 2 rings (SSSR count). The molecular weight excluding hydrogens is 279 g/mol. The van der Waals surface area contributed by atoms with Gasteiger partial charge in [0.15, 0.2) is 17.3 Å². The Morgan fingerprint density at radius 3 is 2.14 bits per heavy atom. The van der Waals surface area contributed by atoms with E-state index in [-0.39, 0.29) is 16.9 Å². The van der Waals surface area contributed by atoms with Crippen LogP contribution in [0.2, 0.25) is 0 Å². The number of aromatic hydroxyl groups is 1. The van der Waals surface area contributed by atoms with Gasteiger partial charge in [-0.25, -0.2) is 9.18 Å². The van der Waals surface area contributed by atoms with Crippen molar-refractivity contribution >= 4 is 11.8 Å². The number of carboxylic acids is 1. The van der Waals surface area contributed by atoms with Gasteiger partial charge in [0, 0.05) is 5.56 Å². The van der Waals surface area contributed by atoms with Gasteiger partial charge in [-0.2, -0.15) is 0 Å². The Balaban J connectivity index is 2.47. The van der Waals surface area contributed by atoms with Gasteiger partial charge in [-0.05, 0) is 24.3 Å². The number of carbonyl (C=O) groups is 2. The molecule has 108 valence electrons. The average Bonchev–Trinajstić information content (AvgIpc) is 2.47. The molecule has 0 atom stereocenters. The van der Waals surface area contributed by atoms with E-state index in [4.69, 9.17) is 9.84 Å². The van der Waals surface area contributed by atoms with E-state index in [1.807, 2.05) is 0 Å². The first kappa shape index (κ1) is 14.5. The van der Waals surface area contributed by atoms with Crippen LogP contribution < -0.4 is 4.74 Å². The summed E-state index contributed by atoms with van der Waals surface area (Å²) in [6.45, 7) is 0. The Morgan fingerprint density at radius 1 is 1.05 bits per heavy atom. The number of carboxylic acid groups (broad SMARTS) is 1. The fraction of sp³-hybridized carbons (Fsp3) is 0.0667. The maximum atomic E-state index is 14.1. The summed E-state index contributed by atoms with van der Waals surface area (Å²) in [7, 11) is 1.24. The number of hydrogen-bond acceptors (Lipinski definition) is 4. The number of benzene rings is 2. The first-order valence-corrected chi connectivity index (χ1v) is 5.89. The molecule has 0 bridgehead atoms. The molecule has 0 heterocycles. The zero-order valence-corrected chi connectivity index (χ0v) is 11.0. The van der Waals surface area contributed by atoms with Gasteiger partial charge in [-0.3, -0.25) is 4.79 Å². The van der Waals surface area contributed by atoms with Crippen molar-refractivity contribution < 1.29 is 28.9 Å². The SMILES string of the molecule is COc1ccc(O)c(C(=O)c2ccc(C(=O)O)cc2)c1F. The molecule has 0 unspecified atom stereocenters. The lowest BCUT2D eigenvalue weighted by Gasteiger charge is -2.09. The van der Waals surface area contributed by atoms with Gasteiger partial charge in [0.2, 0.25) is 0 Å². The Kier molecular flexibility index (Phi) is 3.89. The Morgan fingerprint density at radius 2 is 1.62 bits per heavy atom. The van der Waals surface area contributed by atoms with Gasteiger partial charge in [-0.1, -0.05) is 12.1 Å². The summed E-state index contributed by atoms with van der Waals surface area (Å²) in [5, 5.41) is 18.5. The zero-order chi connectivity index (χ0) is 15.6. The quantitative estimate of drug-likeness (QED) is 0.845. The molecule has 6 heteroatoms. The van der Waals surface area contributed by atoms with E-state index in [1.54, 1.807) is 0 Å². The Labute approximate surface area is 119 Å². The molecular formula is C15H11FO5. The predicted molar refractivity (Wildman–Crippen MR) is 71.5 cm³/mol. The fourth-order valence-corrected chi connectivity index (χ4v) is 1.83. The van der Waals surface area contributed by atoms with Crippen LogP contribution in [0.4, 0.5) is 4.39 Å². The maximum absolute atomic E-state index is 14.1. The molecule has 0 amide bonds. The van der Waals surface area contributed by atoms with Crippen molar-refractivity contribution in [2.75, 3.05) is 7.11 Å². The van der Waals surface area contributed by atoms with E-state index in [9.17, 15) is 19.1 Å². The number of carbonyl (C=O) groups excluding carboxylic acids is 1. The van der Waals surface area contributed by atoms with Crippen LogP contribution in [0.25, 0.3) is 0 Å². The molecule has 0 aromatic heterocycles. The highest BCUT2D eigenvalue weighted by Gasteiger charge is 2.22. The topological polar surface area (TPSA) is 83.8 Å². The number of ketones is 1. The van der Waals surface area contributed by atoms with Crippen molar-refractivity contribution in [2.45, 2.75) is 0 Å². The summed E-state index contributed by atoms with van der Waals surface area (Å²) in [6, 6.07) is 7.32. The molecule has 0 saturated carbocycles. The number of phenolic OH excluding ortho intramolecular Hbond substituents is 1. The number of methoxy groups -OCH3 is 1. The standard InChI is InChI=1S/C15H11FO5/c1-21-11-7-6-10(17)12(13(11)16)14(18)8-2-4-9(5-3-8)15(19)20/h2-7,17H,1H3,(H,19,20). The van der Waals surface area contributed by atoms with Gasteiger partial charge in [-0.15, -0.1) is 0 Å². The second-order valence-corrected chi connectivity index (χ2v) is 4.19. The number of aromatic carboxylic acids is 1. The molecule has 0 radical (unpaired) electrons. The van der Waals surface area contributed by atoms with E-state index in [2.05, 4.69) is 0 Å². The third-order valence-corrected chi connectivity index (χ3v) is 2.93. The first-order chi connectivity index (χ1) is 9.95. The molecule has 0 spiro atoms. The minimum absolute atomic E-state index is 0.00175. The predicted octanol–water partition coefficient (Wildman–Crippen LogP) is 2.47. The fourth-order valence-electron chi connectivity index (χ4n) is 1.83. The minimum Gasteiger partial charge on any atom is -0.507 e. The van der Waals surface area contributed by atoms with Crippen LogP contribution in [-0.4, -0.2) is 29.1 Å². The molecule has 2 N–H and O–H groups in total. The summed E-state index contributed by atoms with van der Waals surface area (Å²) in [5.41, 5.74) is -0.457. The molecule has 0 fully saturated rings. The summed E-state index contributed by atoms with van der Waals surface area (Å²) in [5.74, 6) is -3.55. The monoisotopic (exact) mass is 290 g/mol. The van der Waals surface area contributed by atoms with Gasteiger partial charge >= 0.3 is 5.97 Å². The smallest absolute Gasteiger partial charge is 0.335 e. The van der Waals surface area contributed by atoms with E-state index in [0.29, 0.717) is 0 Å². The van der Waals surface area contributed by atoms with Crippen LogP contribution in [0.3, 0.4) is 0 Å². The van der Waals surface area contributed by atoms with Crippen LogP contribution in [-0.2, 0) is 0 Å². The van der Waals surface area contributed by atoms with Crippen LogP contribution >= 0.6 is 0 Å². The largest absolute Gasteiger partial charge is 0.507 e. The van der Waals surface area contributed by atoms with E-state index >= 15 is 0 Å². The summed E-state index contributed by atoms with van der Waals surface area (Å²) < 4.78 is 18.8. The van der Waals surface area contributed by atoms with Crippen LogP contribution in [0.1, 0.15) is 26.3 Å². The highest BCUT2D eigenvalue weighted by molar-refractivity contribution is 6.11. The second-order valence-electron chi connectivity index (χ2n) is 4.19. The third-order valence-electron chi connectivity index (χ3n) is 2.93. The van der Waals surface area contributed by atoms with Crippen molar-refractivity contribution in [3.63, 3.8) is 0 Å². The van der Waals surface area contributed by atoms with Crippen LogP contribution in [0.15, 0.2) is 36.4 Å². The van der Waals surface area contributed by atoms with Crippen molar-refractivity contribution in [1.82, 2.24) is 0 Å². The number of rotatable bonds is 4. The lowest BCUT2D eigenvalue weighted by Crippen LogP contribution is -2.07. The zero-order valence-electron chi connectivity index (χ0n) is 11.0. The lowest BCUT2D eigenvalue weighted by atomic mass is 10.0. The maximum Gasteiger partial charge on any atom is 0.335 e. The van der Waals surface area contributed by atoms with Crippen molar-refractivity contribution in [1.29, 1.82) is 0 Å². The molecule has 5 nitrogen and oxygen atoms in total. The Bertz CT molecular complexity index is 707. The normalized spacial score (nSPS) is 10.2. The average molecular weight is 290 g/mol. The molecule has 21 heavy (non-hydrogen) atoms. The van der Waals surface area contributed by atoms with Crippen LogP contribution in [0.5, 0.6) is 11.5 Å². The highest BCUT2D eigenvalue weighted by atomic mass is 19.1. The first-order valence-electron chi connectivity index (χ1n) is 5.89. The van der Waals surface area contributed by atoms with Crippen molar-refractivity contribution in [3.8, 4) is 11.5 Å². The minimum atomic E-state index is -1.13. The van der Waals surface area contributed by atoms with Crippen molar-refractivity contribution in [3.05, 3.63) is 58.9 Å². The molecule has 0 saturated heterocycles. The molecule has 0 aliphatic carbocycles. The number of hydrogen-bond donors (Lipinski definition) is 2. The van der Waals surface area contributed by atoms with Crippen molar-refractivity contribution in [2.24, 2.45) is 0 Å². The highest BCUT2D eigenvalue weighted by Crippen LogP contribution is 2.30. The summed E-state index contributed by atoms with van der Waals surface area (Å²) >= 11 is 0.